The maximum Gasteiger partial charge on any atom is 0.260 e. The average molecular weight is 451 g/mol. The molecule has 1 N–H and O–H groups in total. The van der Waals surface area contributed by atoms with Crippen LogP contribution in [0, 0.1) is 5.92 Å². The van der Waals surface area contributed by atoms with Crippen LogP contribution in [-0.2, 0) is 14.4 Å². The molecule has 2 fully saturated rings. The summed E-state index contributed by atoms with van der Waals surface area (Å²) in [5, 5.41) is 2.98. The van der Waals surface area contributed by atoms with Gasteiger partial charge in [0.25, 0.3) is 5.91 Å². The summed E-state index contributed by atoms with van der Waals surface area (Å²) in [4.78, 5) is 43.0. The van der Waals surface area contributed by atoms with Crippen molar-refractivity contribution in [2.45, 2.75) is 6.42 Å². The summed E-state index contributed by atoms with van der Waals surface area (Å²) >= 11 is 0. The predicted octanol–water partition coefficient (Wildman–Crippen LogP) is 1.38. The summed E-state index contributed by atoms with van der Waals surface area (Å²) in [6, 6.07) is 18.8. The number of benzene rings is 2. The van der Waals surface area contributed by atoms with E-state index in [-0.39, 0.29) is 36.7 Å². The van der Waals surface area contributed by atoms with Gasteiger partial charge in [0.15, 0.2) is 6.61 Å². The van der Waals surface area contributed by atoms with Crippen molar-refractivity contribution in [3.05, 3.63) is 60.7 Å². The normalized spacial score (nSPS) is 18.9. The third kappa shape index (κ3) is 6.10. The summed E-state index contributed by atoms with van der Waals surface area (Å²) in [5.41, 5.74) is 0.833. The highest BCUT2D eigenvalue weighted by atomic mass is 16.5. The SMILES string of the molecule is O=C(NCCN1CCN(C(=O)COc2ccccc2)CC1)C1CC(=O)N(c2ccccc2)C1. The van der Waals surface area contributed by atoms with Crippen molar-refractivity contribution >= 4 is 23.4 Å². The van der Waals surface area contributed by atoms with Gasteiger partial charge in [-0.1, -0.05) is 36.4 Å². The van der Waals surface area contributed by atoms with Gasteiger partial charge in [0.05, 0.1) is 5.92 Å². The maximum atomic E-state index is 12.6. The van der Waals surface area contributed by atoms with Crippen molar-refractivity contribution in [1.29, 1.82) is 0 Å². The average Bonchev–Trinajstić information content (AvgIpc) is 3.26. The van der Waals surface area contributed by atoms with Crippen molar-refractivity contribution in [2.24, 2.45) is 5.92 Å². The number of para-hydroxylation sites is 2. The first-order valence-electron chi connectivity index (χ1n) is 11.4. The van der Waals surface area contributed by atoms with E-state index in [2.05, 4.69) is 10.2 Å². The van der Waals surface area contributed by atoms with Crippen LogP contribution in [0.5, 0.6) is 5.75 Å². The molecule has 0 radical (unpaired) electrons. The molecular weight excluding hydrogens is 420 g/mol. The lowest BCUT2D eigenvalue weighted by atomic mass is 10.1. The molecule has 4 rings (SSSR count). The van der Waals surface area contributed by atoms with Crippen LogP contribution >= 0.6 is 0 Å². The highest BCUT2D eigenvalue weighted by Gasteiger charge is 2.35. The van der Waals surface area contributed by atoms with E-state index in [9.17, 15) is 14.4 Å². The zero-order chi connectivity index (χ0) is 23.0. The fourth-order valence-corrected chi connectivity index (χ4v) is 4.20. The number of piperazine rings is 1. The second-order valence-corrected chi connectivity index (χ2v) is 8.36. The van der Waals surface area contributed by atoms with E-state index in [0.717, 1.165) is 25.3 Å². The summed E-state index contributed by atoms with van der Waals surface area (Å²) in [7, 11) is 0. The smallest absolute Gasteiger partial charge is 0.260 e. The molecule has 2 aliphatic rings. The Morgan fingerprint density at radius 2 is 1.61 bits per heavy atom. The van der Waals surface area contributed by atoms with Gasteiger partial charge >= 0.3 is 0 Å². The van der Waals surface area contributed by atoms with Crippen molar-refractivity contribution in [1.82, 2.24) is 15.1 Å². The van der Waals surface area contributed by atoms with E-state index < -0.39 is 0 Å². The number of hydrogen-bond acceptors (Lipinski definition) is 5. The minimum Gasteiger partial charge on any atom is -0.484 e. The van der Waals surface area contributed by atoms with Gasteiger partial charge in [-0.25, -0.2) is 0 Å². The Bertz CT molecular complexity index is 945. The Hall–Kier alpha value is -3.39. The third-order valence-electron chi connectivity index (χ3n) is 6.12. The van der Waals surface area contributed by atoms with Crippen molar-refractivity contribution in [3.8, 4) is 5.75 Å². The Balaban J connectivity index is 1.13. The van der Waals surface area contributed by atoms with Gasteiger partial charge in [-0.15, -0.1) is 0 Å². The van der Waals surface area contributed by atoms with Gasteiger partial charge in [-0.05, 0) is 24.3 Å². The van der Waals surface area contributed by atoms with E-state index in [0.29, 0.717) is 31.9 Å². The molecule has 0 aromatic heterocycles. The van der Waals surface area contributed by atoms with E-state index in [1.807, 2.05) is 65.6 Å². The molecule has 2 aliphatic heterocycles. The first kappa shape index (κ1) is 22.8. The minimum absolute atomic E-state index is 0.0133. The molecule has 0 bridgehead atoms. The van der Waals surface area contributed by atoms with E-state index in [1.165, 1.54) is 0 Å². The second kappa shape index (κ2) is 11.0. The fourth-order valence-electron chi connectivity index (χ4n) is 4.20. The Kier molecular flexibility index (Phi) is 7.57. The van der Waals surface area contributed by atoms with Gasteiger partial charge in [0.2, 0.25) is 11.8 Å². The highest BCUT2D eigenvalue weighted by molar-refractivity contribution is 6.00. The quantitative estimate of drug-likeness (QED) is 0.657. The molecule has 2 aromatic carbocycles. The van der Waals surface area contributed by atoms with Gasteiger partial charge in [-0.2, -0.15) is 0 Å². The number of ether oxygens (including phenoxy) is 1. The Morgan fingerprint density at radius 1 is 0.939 bits per heavy atom. The van der Waals surface area contributed by atoms with Crippen molar-refractivity contribution in [3.63, 3.8) is 0 Å². The number of amides is 3. The highest BCUT2D eigenvalue weighted by Crippen LogP contribution is 2.24. The molecule has 8 nitrogen and oxygen atoms in total. The monoisotopic (exact) mass is 450 g/mol. The molecular formula is C25H30N4O4. The maximum absolute atomic E-state index is 12.6. The summed E-state index contributed by atoms with van der Waals surface area (Å²) in [6.07, 6.45) is 0.243. The van der Waals surface area contributed by atoms with E-state index >= 15 is 0 Å². The number of nitrogens with one attached hydrogen (secondary N) is 1. The minimum atomic E-state index is -0.322. The van der Waals surface area contributed by atoms with Crippen LogP contribution in [0.15, 0.2) is 60.7 Å². The van der Waals surface area contributed by atoms with Crippen LogP contribution in [0.3, 0.4) is 0 Å². The molecule has 33 heavy (non-hydrogen) atoms. The summed E-state index contributed by atoms with van der Waals surface area (Å²) < 4.78 is 5.55. The van der Waals surface area contributed by atoms with Crippen LogP contribution in [0.1, 0.15) is 6.42 Å². The van der Waals surface area contributed by atoms with Gasteiger partial charge < -0.3 is 19.9 Å². The lowest BCUT2D eigenvalue weighted by molar-refractivity contribution is -0.135. The predicted molar refractivity (Wildman–Crippen MR) is 125 cm³/mol. The molecule has 2 aromatic rings. The molecule has 174 valence electrons. The van der Waals surface area contributed by atoms with E-state index in [4.69, 9.17) is 4.74 Å². The van der Waals surface area contributed by atoms with Crippen LogP contribution in [0.2, 0.25) is 0 Å². The lowest BCUT2D eigenvalue weighted by Gasteiger charge is -2.34. The number of carbonyl (C=O) groups excluding carboxylic acids is 3. The standard InChI is InChI=1S/C25H30N4O4/c30-23-17-20(18-29(23)21-7-3-1-4-8-21)25(32)26-11-12-27-13-15-28(16-14-27)24(31)19-33-22-9-5-2-6-10-22/h1-10,20H,11-19H2,(H,26,32). The molecule has 2 saturated heterocycles. The van der Waals surface area contributed by atoms with Crippen LogP contribution in [0.4, 0.5) is 5.69 Å². The fraction of sp³-hybridized carbons (Fsp3) is 0.400. The topological polar surface area (TPSA) is 82.2 Å². The lowest BCUT2D eigenvalue weighted by Crippen LogP contribution is -2.51. The molecule has 0 spiro atoms. The molecule has 1 atom stereocenters. The molecule has 3 amide bonds. The van der Waals surface area contributed by atoms with Crippen molar-refractivity contribution < 1.29 is 19.1 Å². The van der Waals surface area contributed by atoms with Gasteiger partial charge in [-0.3, -0.25) is 19.3 Å². The zero-order valence-electron chi connectivity index (χ0n) is 18.7. The van der Waals surface area contributed by atoms with Crippen LogP contribution in [-0.4, -0.2) is 79.9 Å². The number of hydrogen-bond donors (Lipinski definition) is 1. The number of nitrogens with zero attached hydrogens (tertiary/aromatic N) is 3. The van der Waals surface area contributed by atoms with Crippen molar-refractivity contribution in [2.75, 3.05) is 57.3 Å². The summed E-state index contributed by atoms with van der Waals surface area (Å²) in [5.74, 6) is 0.264. The Labute approximate surface area is 194 Å². The molecule has 2 heterocycles. The number of rotatable bonds is 8. The van der Waals surface area contributed by atoms with Gasteiger partial charge in [0, 0.05) is 57.9 Å². The molecule has 8 heteroatoms. The van der Waals surface area contributed by atoms with Crippen LogP contribution < -0.4 is 15.0 Å². The zero-order valence-corrected chi connectivity index (χ0v) is 18.7. The summed E-state index contributed by atoms with van der Waals surface area (Å²) in [6.45, 7) is 4.52. The second-order valence-electron chi connectivity index (χ2n) is 8.36. The number of carbonyl (C=O) groups is 3. The van der Waals surface area contributed by atoms with Gasteiger partial charge in [0.1, 0.15) is 5.75 Å². The molecule has 1 unspecified atom stereocenters. The van der Waals surface area contributed by atoms with Crippen LogP contribution in [0.25, 0.3) is 0 Å². The largest absolute Gasteiger partial charge is 0.484 e. The Morgan fingerprint density at radius 3 is 2.30 bits per heavy atom. The van der Waals surface area contributed by atoms with E-state index in [1.54, 1.807) is 4.90 Å². The third-order valence-corrected chi connectivity index (χ3v) is 6.12. The first-order valence-corrected chi connectivity index (χ1v) is 11.4. The molecule has 0 saturated carbocycles. The number of anilines is 1. The first-order chi connectivity index (χ1) is 16.1. The molecule has 0 aliphatic carbocycles.